The maximum absolute atomic E-state index is 12.6. The molecular weight excluding hydrogens is 422 g/mol. The summed E-state index contributed by atoms with van der Waals surface area (Å²) in [6.45, 7) is 3.27. The fourth-order valence-electron chi connectivity index (χ4n) is 2.97. The van der Waals surface area contributed by atoms with Gasteiger partial charge < -0.3 is 20.1 Å². The maximum atomic E-state index is 12.6. The van der Waals surface area contributed by atoms with Gasteiger partial charge in [0.15, 0.2) is 0 Å². The molecule has 3 aromatic rings. The first-order chi connectivity index (χ1) is 14.8. The van der Waals surface area contributed by atoms with Crippen LogP contribution < -0.4 is 10.6 Å². The minimum Gasteiger partial charge on any atom is -0.465 e. The van der Waals surface area contributed by atoms with E-state index >= 15 is 0 Å². The number of fused-ring (bicyclic) bond motifs is 1. The highest BCUT2D eigenvalue weighted by Crippen LogP contribution is 2.34. The van der Waals surface area contributed by atoms with E-state index in [1.807, 2.05) is 0 Å². The molecule has 31 heavy (non-hydrogen) atoms. The summed E-state index contributed by atoms with van der Waals surface area (Å²) in [5, 5.41) is 6.68. The summed E-state index contributed by atoms with van der Waals surface area (Å²) in [6.07, 6.45) is 1.39. The number of halogens is 1. The van der Waals surface area contributed by atoms with E-state index in [2.05, 4.69) is 15.6 Å². The molecule has 2 N–H and O–H groups in total. The van der Waals surface area contributed by atoms with Gasteiger partial charge in [0.25, 0.3) is 0 Å². The molecule has 1 amide bonds. The topological polar surface area (TPSA) is 107 Å². The van der Waals surface area contributed by atoms with Gasteiger partial charge in [-0.2, -0.15) is 0 Å². The van der Waals surface area contributed by atoms with Crippen LogP contribution in [0.3, 0.4) is 0 Å². The van der Waals surface area contributed by atoms with Gasteiger partial charge in [0.05, 0.1) is 41.2 Å². The quantitative estimate of drug-likeness (QED) is 0.540. The van der Waals surface area contributed by atoms with Crippen LogP contribution in [0.5, 0.6) is 0 Å². The number of carbonyl (C=O) groups is 3. The van der Waals surface area contributed by atoms with E-state index in [9.17, 15) is 14.4 Å². The molecule has 3 rings (SSSR count). The highest BCUT2D eigenvalue weighted by Gasteiger charge is 2.19. The normalized spacial score (nSPS) is 10.5. The Morgan fingerprint density at radius 2 is 1.87 bits per heavy atom. The number of pyridine rings is 1. The standard InChI is InChI=1S/C22H20ClN3O5/c1-4-31-22(29)16-11-24-18-8-5-13(21(28)30-3)9-15(18)20(16)26-19-10-14(25-12(2)27)6-7-17(19)23/h5-11H,4H2,1-3H3,(H,24,26)(H,25,27). The van der Waals surface area contributed by atoms with Crippen molar-refractivity contribution in [2.24, 2.45) is 0 Å². The van der Waals surface area contributed by atoms with Crippen molar-refractivity contribution in [1.82, 2.24) is 4.98 Å². The SMILES string of the molecule is CCOC(=O)c1cnc2ccc(C(=O)OC)cc2c1Nc1cc(NC(C)=O)ccc1Cl. The van der Waals surface area contributed by atoms with Crippen LogP contribution in [-0.2, 0) is 14.3 Å². The maximum Gasteiger partial charge on any atom is 0.341 e. The van der Waals surface area contributed by atoms with Gasteiger partial charge >= 0.3 is 11.9 Å². The Hall–Kier alpha value is -3.65. The number of hydrogen-bond donors (Lipinski definition) is 2. The van der Waals surface area contributed by atoms with Gasteiger partial charge in [-0.3, -0.25) is 9.78 Å². The zero-order chi connectivity index (χ0) is 22.5. The second kappa shape index (κ2) is 9.44. The number of nitrogens with one attached hydrogen (secondary N) is 2. The minimum absolute atomic E-state index is 0.164. The Kier molecular flexibility index (Phi) is 6.71. The van der Waals surface area contributed by atoms with E-state index in [0.29, 0.717) is 38.6 Å². The highest BCUT2D eigenvalue weighted by atomic mass is 35.5. The van der Waals surface area contributed by atoms with Crippen molar-refractivity contribution in [3.63, 3.8) is 0 Å². The van der Waals surface area contributed by atoms with Crippen LogP contribution in [-0.4, -0.2) is 36.5 Å². The smallest absolute Gasteiger partial charge is 0.341 e. The van der Waals surface area contributed by atoms with Crippen LogP contribution in [0.2, 0.25) is 5.02 Å². The average molecular weight is 442 g/mol. The summed E-state index contributed by atoms with van der Waals surface area (Å²) < 4.78 is 9.96. The number of benzene rings is 2. The molecule has 8 nitrogen and oxygen atoms in total. The molecule has 0 aliphatic rings. The molecule has 0 radical (unpaired) electrons. The fourth-order valence-corrected chi connectivity index (χ4v) is 3.14. The first-order valence-electron chi connectivity index (χ1n) is 9.36. The number of aromatic nitrogens is 1. The zero-order valence-corrected chi connectivity index (χ0v) is 17.9. The van der Waals surface area contributed by atoms with Gasteiger partial charge in [-0.05, 0) is 43.3 Å². The summed E-state index contributed by atoms with van der Waals surface area (Å²) in [6, 6.07) is 9.71. The molecular formula is C22H20ClN3O5. The molecule has 0 aliphatic heterocycles. The minimum atomic E-state index is -0.586. The third-order valence-corrected chi connectivity index (χ3v) is 4.66. The van der Waals surface area contributed by atoms with Gasteiger partial charge in [0.1, 0.15) is 5.56 Å². The number of carbonyl (C=O) groups excluding carboxylic acids is 3. The summed E-state index contributed by atoms with van der Waals surface area (Å²) in [5.74, 6) is -1.35. The Morgan fingerprint density at radius 3 is 2.55 bits per heavy atom. The number of esters is 2. The van der Waals surface area contributed by atoms with Gasteiger partial charge in [0.2, 0.25) is 5.91 Å². The van der Waals surface area contributed by atoms with Crippen molar-refractivity contribution in [3.05, 3.63) is 58.7 Å². The first kappa shape index (κ1) is 22.0. The number of amides is 1. The van der Waals surface area contributed by atoms with E-state index < -0.39 is 11.9 Å². The van der Waals surface area contributed by atoms with Gasteiger partial charge in [0, 0.05) is 24.2 Å². The summed E-state index contributed by atoms with van der Waals surface area (Å²) >= 11 is 6.35. The zero-order valence-electron chi connectivity index (χ0n) is 17.1. The van der Waals surface area contributed by atoms with Crippen molar-refractivity contribution < 1.29 is 23.9 Å². The number of rotatable bonds is 6. The number of ether oxygens (including phenoxy) is 2. The summed E-state index contributed by atoms with van der Waals surface area (Å²) in [7, 11) is 1.28. The summed E-state index contributed by atoms with van der Waals surface area (Å²) in [5.41, 5.74) is 2.31. The Labute approximate surface area is 183 Å². The molecule has 1 heterocycles. The predicted molar refractivity (Wildman–Crippen MR) is 118 cm³/mol. The van der Waals surface area contributed by atoms with Crippen molar-refractivity contribution in [2.45, 2.75) is 13.8 Å². The van der Waals surface area contributed by atoms with Crippen molar-refractivity contribution in [1.29, 1.82) is 0 Å². The fraction of sp³-hybridized carbons (Fsp3) is 0.182. The van der Waals surface area contributed by atoms with Crippen LogP contribution in [0.1, 0.15) is 34.6 Å². The van der Waals surface area contributed by atoms with Crippen LogP contribution in [0.4, 0.5) is 17.1 Å². The molecule has 1 aromatic heterocycles. The van der Waals surface area contributed by atoms with Gasteiger partial charge in [-0.15, -0.1) is 0 Å². The Morgan fingerprint density at radius 1 is 1.10 bits per heavy atom. The van der Waals surface area contributed by atoms with Crippen molar-refractivity contribution in [2.75, 3.05) is 24.4 Å². The van der Waals surface area contributed by atoms with Gasteiger partial charge in [-0.25, -0.2) is 9.59 Å². The molecule has 0 saturated heterocycles. The lowest BCUT2D eigenvalue weighted by Crippen LogP contribution is -2.10. The molecule has 0 aliphatic carbocycles. The Bertz CT molecular complexity index is 1180. The third-order valence-electron chi connectivity index (χ3n) is 4.33. The molecule has 9 heteroatoms. The molecule has 0 fully saturated rings. The number of hydrogen-bond acceptors (Lipinski definition) is 7. The average Bonchev–Trinajstić information content (AvgIpc) is 2.75. The van der Waals surface area contributed by atoms with E-state index in [1.165, 1.54) is 20.2 Å². The highest BCUT2D eigenvalue weighted by molar-refractivity contribution is 6.33. The van der Waals surface area contributed by atoms with Crippen molar-refractivity contribution >= 4 is 57.4 Å². The molecule has 160 valence electrons. The van der Waals surface area contributed by atoms with Gasteiger partial charge in [-0.1, -0.05) is 11.6 Å². The lowest BCUT2D eigenvalue weighted by atomic mass is 10.1. The van der Waals surface area contributed by atoms with Crippen LogP contribution in [0.25, 0.3) is 10.9 Å². The largest absolute Gasteiger partial charge is 0.465 e. The van der Waals surface area contributed by atoms with E-state index in [4.69, 9.17) is 21.1 Å². The second-order valence-corrected chi connectivity index (χ2v) is 6.90. The number of anilines is 3. The molecule has 0 spiro atoms. The van der Waals surface area contributed by atoms with E-state index in [1.54, 1.807) is 43.3 Å². The van der Waals surface area contributed by atoms with Crippen LogP contribution in [0, 0.1) is 0 Å². The Balaban J connectivity index is 2.20. The predicted octanol–water partition coefficient (Wildman–Crippen LogP) is 4.55. The number of methoxy groups -OCH3 is 1. The first-order valence-corrected chi connectivity index (χ1v) is 9.74. The van der Waals surface area contributed by atoms with Crippen LogP contribution >= 0.6 is 11.6 Å². The molecule has 0 bridgehead atoms. The molecule has 0 unspecified atom stereocenters. The third kappa shape index (κ3) is 4.92. The van der Waals surface area contributed by atoms with E-state index in [0.717, 1.165) is 0 Å². The van der Waals surface area contributed by atoms with Crippen LogP contribution in [0.15, 0.2) is 42.6 Å². The monoisotopic (exact) mass is 441 g/mol. The molecule has 0 atom stereocenters. The molecule has 0 saturated carbocycles. The lowest BCUT2D eigenvalue weighted by Gasteiger charge is -2.16. The number of nitrogens with zero attached hydrogens (tertiary/aromatic N) is 1. The van der Waals surface area contributed by atoms with E-state index in [-0.39, 0.29) is 18.1 Å². The molecule has 2 aromatic carbocycles. The second-order valence-electron chi connectivity index (χ2n) is 6.49. The van der Waals surface area contributed by atoms with Crippen molar-refractivity contribution in [3.8, 4) is 0 Å². The summed E-state index contributed by atoms with van der Waals surface area (Å²) in [4.78, 5) is 40.3. The lowest BCUT2D eigenvalue weighted by molar-refractivity contribution is -0.114.